The number of halogens is 2. The van der Waals surface area contributed by atoms with Gasteiger partial charge < -0.3 is 10.1 Å². The van der Waals surface area contributed by atoms with Crippen LogP contribution in [0, 0.1) is 5.82 Å². The molecular weight excluding hydrogens is 297 g/mol. The first kappa shape index (κ1) is 14.0. The van der Waals surface area contributed by atoms with Crippen LogP contribution in [0.15, 0.2) is 22.7 Å². The largest absolute Gasteiger partial charge is 0.377 e. The second-order valence-corrected chi connectivity index (χ2v) is 5.64. The topological polar surface area (TPSA) is 21.3 Å². The van der Waals surface area contributed by atoms with Gasteiger partial charge in [0.1, 0.15) is 5.82 Å². The molecule has 1 aliphatic heterocycles. The van der Waals surface area contributed by atoms with E-state index in [1.165, 1.54) is 25.3 Å². The summed E-state index contributed by atoms with van der Waals surface area (Å²) in [5.74, 6) is -0.208. The number of benzene rings is 1. The van der Waals surface area contributed by atoms with Gasteiger partial charge in [0.2, 0.25) is 0 Å². The van der Waals surface area contributed by atoms with Crippen molar-refractivity contribution in [1.82, 2.24) is 5.32 Å². The zero-order chi connectivity index (χ0) is 12.8. The Morgan fingerprint density at radius 3 is 3.00 bits per heavy atom. The second-order valence-electron chi connectivity index (χ2n) is 4.72. The van der Waals surface area contributed by atoms with Crippen molar-refractivity contribution in [2.24, 2.45) is 0 Å². The molecule has 0 aliphatic carbocycles. The van der Waals surface area contributed by atoms with Crippen LogP contribution < -0.4 is 5.32 Å². The van der Waals surface area contributed by atoms with Crippen molar-refractivity contribution in [2.75, 3.05) is 13.2 Å². The van der Waals surface area contributed by atoms with Gasteiger partial charge in [-0.15, -0.1) is 0 Å². The van der Waals surface area contributed by atoms with E-state index in [-0.39, 0.29) is 5.82 Å². The molecule has 1 unspecified atom stereocenters. The summed E-state index contributed by atoms with van der Waals surface area (Å²) < 4.78 is 19.8. The van der Waals surface area contributed by atoms with E-state index in [1.807, 2.05) is 6.07 Å². The molecule has 1 N–H and O–H groups in total. The summed E-state index contributed by atoms with van der Waals surface area (Å²) in [6.45, 7) is 2.16. The third-order valence-corrected chi connectivity index (χ3v) is 3.79. The lowest BCUT2D eigenvalue weighted by molar-refractivity contribution is 0.106. The van der Waals surface area contributed by atoms with Crippen LogP contribution >= 0.6 is 15.9 Å². The lowest BCUT2D eigenvalue weighted by Crippen LogP contribution is -2.34. The first-order chi connectivity index (χ1) is 8.75. The van der Waals surface area contributed by atoms with E-state index in [9.17, 15) is 4.39 Å². The summed E-state index contributed by atoms with van der Waals surface area (Å²) >= 11 is 3.24. The maximum Gasteiger partial charge on any atom is 0.129 e. The Morgan fingerprint density at radius 1 is 1.39 bits per heavy atom. The van der Waals surface area contributed by atoms with Gasteiger partial charge in [-0.1, -0.05) is 28.4 Å². The summed E-state index contributed by atoms with van der Waals surface area (Å²) in [6.07, 6.45) is 4.83. The Bertz CT molecular complexity index is 380. The summed E-state index contributed by atoms with van der Waals surface area (Å²) in [5, 5.41) is 3.48. The van der Waals surface area contributed by atoms with Gasteiger partial charge in [-0.05, 0) is 37.9 Å². The maximum absolute atomic E-state index is 13.5. The zero-order valence-corrected chi connectivity index (χ0v) is 12.0. The SMILES string of the molecule is Fc1cc(Br)ccc1COCCC1CCCCN1. The normalized spacial score (nSPS) is 20.0. The van der Waals surface area contributed by atoms with E-state index >= 15 is 0 Å². The quantitative estimate of drug-likeness (QED) is 0.838. The van der Waals surface area contributed by atoms with Crippen LogP contribution in [0.1, 0.15) is 31.2 Å². The number of nitrogens with one attached hydrogen (secondary N) is 1. The molecule has 1 aliphatic rings. The average molecular weight is 316 g/mol. The molecule has 0 bridgehead atoms. The summed E-state index contributed by atoms with van der Waals surface area (Å²) in [6, 6.07) is 5.65. The van der Waals surface area contributed by atoms with Gasteiger partial charge in [-0.3, -0.25) is 0 Å². The fourth-order valence-electron chi connectivity index (χ4n) is 2.22. The van der Waals surface area contributed by atoms with Gasteiger partial charge in [0.15, 0.2) is 0 Å². The number of piperidine rings is 1. The number of hydrogen-bond donors (Lipinski definition) is 1. The minimum absolute atomic E-state index is 0.208. The van der Waals surface area contributed by atoms with Crippen LogP contribution in [0.5, 0.6) is 0 Å². The smallest absolute Gasteiger partial charge is 0.129 e. The Labute approximate surface area is 116 Å². The van der Waals surface area contributed by atoms with E-state index in [2.05, 4.69) is 21.2 Å². The molecule has 100 valence electrons. The molecule has 0 aromatic heterocycles. The highest BCUT2D eigenvalue weighted by atomic mass is 79.9. The van der Waals surface area contributed by atoms with E-state index in [4.69, 9.17) is 4.74 Å². The van der Waals surface area contributed by atoms with Gasteiger partial charge in [0.05, 0.1) is 6.61 Å². The fourth-order valence-corrected chi connectivity index (χ4v) is 2.55. The van der Waals surface area contributed by atoms with Crippen LogP contribution in [-0.4, -0.2) is 19.2 Å². The molecule has 1 aromatic carbocycles. The molecule has 1 heterocycles. The van der Waals surface area contributed by atoms with Crippen LogP contribution in [0.4, 0.5) is 4.39 Å². The van der Waals surface area contributed by atoms with Crippen molar-refractivity contribution in [1.29, 1.82) is 0 Å². The standard InChI is InChI=1S/C14H19BrFNO/c15-12-5-4-11(14(16)9-12)10-18-8-6-13-3-1-2-7-17-13/h4-5,9,13,17H,1-3,6-8,10H2. The molecular formula is C14H19BrFNO. The molecule has 1 fully saturated rings. The van der Waals surface area contributed by atoms with Crippen molar-refractivity contribution in [3.63, 3.8) is 0 Å². The van der Waals surface area contributed by atoms with Crippen LogP contribution in [0.3, 0.4) is 0 Å². The average Bonchev–Trinajstić information content (AvgIpc) is 2.38. The molecule has 0 saturated carbocycles. The minimum atomic E-state index is -0.208. The number of ether oxygens (including phenoxy) is 1. The van der Waals surface area contributed by atoms with Gasteiger partial charge in [0, 0.05) is 22.7 Å². The molecule has 2 nitrogen and oxygen atoms in total. The molecule has 0 radical (unpaired) electrons. The third kappa shape index (κ3) is 4.34. The zero-order valence-electron chi connectivity index (χ0n) is 10.4. The van der Waals surface area contributed by atoms with E-state index in [0.717, 1.165) is 17.4 Å². The molecule has 4 heteroatoms. The maximum atomic E-state index is 13.5. The van der Waals surface area contributed by atoms with Crippen LogP contribution in [0.25, 0.3) is 0 Å². The van der Waals surface area contributed by atoms with Crippen LogP contribution in [-0.2, 0) is 11.3 Å². The Kier molecular flexibility index (Phi) is 5.60. The second kappa shape index (κ2) is 7.22. The highest BCUT2D eigenvalue weighted by molar-refractivity contribution is 9.10. The van der Waals surface area contributed by atoms with Gasteiger partial charge in [-0.2, -0.15) is 0 Å². The highest BCUT2D eigenvalue weighted by Crippen LogP contribution is 2.16. The molecule has 1 saturated heterocycles. The van der Waals surface area contributed by atoms with Crippen molar-refractivity contribution in [3.8, 4) is 0 Å². The van der Waals surface area contributed by atoms with Gasteiger partial charge in [-0.25, -0.2) is 4.39 Å². The van der Waals surface area contributed by atoms with Crippen molar-refractivity contribution >= 4 is 15.9 Å². The Morgan fingerprint density at radius 2 is 2.28 bits per heavy atom. The third-order valence-electron chi connectivity index (χ3n) is 3.30. The molecule has 0 amide bonds. The van der Waals surface area contributed by atoms with Gasteiger partial charge in [0.25, 0.3) is 0 Å². The lowest BCUT2D eigenvalue weighted by atomic mass is 10.0. The predicted molar refractivity (Wildman–Crippen MR) is 74.0 cm³/mol. The summed E-state index contributed by atoms with van der Waals surface area (Å²) in [7, 11) is 0. The first-order valence-electron chi connectivity index (χ1n) is 6.51. The molecule has 1 aromatic rings. The number of rotatable bonds is 5. The minimum Gasteiger partial charge on any atom is -0.377 e. The molecule has 2 rings (SSSR count). The lowest BCUT2D eigenvalue weighted by Gasteiger charge is -2.23. The molecule has 0 spiro atoms. The van der Waals surface area contributed by atoms with Crippen LogP contribution in [0.2, 0.25) is 0 Å². The van der Waals surface area contributed by atoms with E-state index < -0.39 is 0 Å². The predicted octanol–water partition coefficient (Wildman–Crippen LogP) is 3.64. The Hall–Kier alpha value is -0.450. The summed E-state index contributed by atoms with van der Waals surface area (Å²) in [5.41, 5.74) is 0.620. The van der Waals surface area contributed by atoms with E-state index in [1.54, 1.807) is 6.07 Å². The fraction of sp³-hybridized carbons (Fsp3) is 0.571. The molecule has 1 atom stereocenters. The monoisotopic (exact) mass is 315 g/mol. The van der Waals surface area contributed by atoms with Crippen molar-refractivity contribution < 1.29 is 9.13 Å². The van der Waals surface area contributed by atoms with Gasteiger partial charge >= 0.3 is 0 Å². The van der Waals surface area contributed by atoms with E-state index in [0.29, 0.717) is 24.8 Å². The number of hydrogen-bond acceptors (Lipinski definition) is 2. The first-order valence-corrected chi connectivity index (χ1v) is 7.30. The molecule has 18 heavy (non-hydrogen) atoms. The summed E-state index contributed by atoms with van der Waals surface area (Å²) in [4.78, 5) is 0. The van der Waals surface area contributed by atoms with Crippen molar-refractivity contribution in [2.45, 2.75) is 38.3 Å². The highest BCUT2D eigenvalue weighted by Gasteiger charge is 2.12. The Balaban J connectivity index is 1.68. The van der Waals surface area contributed by atoms with Crippen molar-refractivity contribution in [3.05, 3.63) is 34.1 Å².